The van der Waals surface area contributed by atoms with Crippen molar-refractivity contribution in [2.45, 2.75) is 89.8 Å². The SMILES string of the molecule is C=CC1CCC(CC(F)(F)OCc2ccc(C3CCC(CC)CC3)cc2)CC1. The Labute approximate surface area is 169 Å². The lowest BCUT2D eigenvalue weighted by atomic mass is 9.78. The minimum absolute atomic E-state index is 0.0160. The maximum atomic E-state index is 14.3. The van der Waals surface area contributed by atoms with E-state index in [-0.39, 0.29) is 18.9 Å². The fourth-order valence-electron chi connectivity index (χ4n) is 5.00. The standard InChI is InChI=1S/C25H36F2O/c1-3-19-5-7-21(8-6-19)17-25(26,27)28-18-22-11-15-24(16-12-22)23-13-9-20(4-2)10-14-23/h3,11-12,15-16,19-21,23H,1,4-10,13-14,17-18H2,2H3. The molecule has 0 heterocycles. The van der Waals surface area contributed by atoms with Gasteiger partial charge in [0.1, 0.15) is 0 Å². The monoisotopic (exact) mass is 390 g/mol. The van der Waals surface area contributed by atoms with Gasteiger partial charge in [-0.2, -0.15) is 8.78 Å². The summed E-state index contributed by atoms with van der Waals surface area (Å²) in [7, 11) is 0. The predicted octanol–water partition coefficient (Wildman–Crippen LogP) is 7.86. The van der Waals surface area contributed by atoms with Crippen LogP contribution in [0.3, 0.4) is 0 Å². The fourth-order valence-corrected chi connectivity index (χ4v) is 5.00. The highest BCUT2D eigenvalue weighted by Gasteiger charge is 2.35. The van der Waals surface area contributed by atoms with Crippen LogP contribution in [-0.2, 0) is 11.3 Å². The lowest BCUT2D eigenvalue weighted by Crippen LogP contribution is -2.26. The second-order valence-corrected chi connectivity index (χ2v) is 9.01. The molecular formula is C25H36F2O. The Bertz CT molecular complexity index is 593. The fraction of sp³-hybridized carbons (Fsp3) is 0.680. The number of benzene rings is 1. The minimum atomic E-state index is -3.04. The summed E-state index contributed by atoms with van der Waals surface area (Å²) in [6, 6.07) is 8.16. The Kier molecular flexibility index (Phi) is 7.68. The van der Waals surface area contributed by atoms with Crippen LogP contribution < -0.4 is 0 Å². The van der Waals surface area contributed by atoms with Crippen LogP contribution >= 0.6 is 0 Å². The van der Waals surface area contributed by atoms with Crippen LogP contribution in [-0.4, -0.2) is 6.11 Å². The van der Waals surface area contributed by atoms with Gasteiger partial charge in [0.2, 0.25) is 0 Å². The van der Waals surface area contributed by atoms with Crippen LogP contribution in [0, 0.1) is 17.8 Å². The molecule has 0 spiro atoms. The zero-order valence-electron chi connectivity index (χ0n) is 17.3. The lowest BCUT2D eigenvalue weighted by Gasteiger charge is -2.29. The first-order valence-electron chi connectivity index (χ1n) is 11.2. The summed E-state index contributed by atoms with van der Waals surface area (Å²) in [5.41, 5.74) is 2.19. The molecule has 1 nitrogen and oxygen atoms in total. The number of hydrogen-bond acceptors (Lipinski definition) is 1. The summed E-state index contributed by atoms with van der Waals surface area (Å²) in [5.74, 6) is 2.08. The van der Waals surface area contributed by atoms with Gasteiger partial charge in [-0.1, -0.05) is 43.7 Å². The summed E-state index contributed by atoms with van der Waals surface area (Å²) >= 11 is 0. The van der Waals surface area contributed by atoms with Gasteiger partial charge >= 0.3 is 6.11 Å². The summed E-state index contributed by atoms with van der Waals surface area (Å²) in [6.07, 6.45) is 8.84. The maximum Gasteiger partial charge on any atom is 0.356 e. The van der Waals surface area contributed by atoms with Crippen LogP contribution in [0.1, 0.15) is 88.2 Å². The molecule has 0 bridgehead atoms. The summed E-state index contributed by atoms with van der Waals surface area (Å²) in [6.45, 7) is 6.08. The molecule has 0 amide bonds. The van der Waals surface area contributed by atoms with Gasteiger partial charge in [0.15, 0.2) is 0 Å². The maximum absolute atomic E-state index is 14.3. The highest BCUT2D eigenvalue weighted by molar-refractivity contribution is 5.25. The van der Waals surface area contributed by atoms with Gasteiger partial charge in [0.25, 0.3) is 0 Å². The number of hydrogen-bond donors (Lipinski definition) is 0. The number of rotatable bonds is 8. The van der Waals surface area contributed by atoms with E-state index in [2.05, 4.69) is 25.6 Å². The molecule has 2 saturated carbocycles. The number of ether oxygens (including phenoxy) is 1. The molecule has 3 heteroatoms. The summed E-state index contributed by atoms with van der Waals surface area (Å²) < 4.78 is 33.6. The predicted molar refractivity (Wildman–Crippen MR) is 111 cm³/mol. The molecule has 0 radical (unpaired) electrons. The van der Waals surface area contributed by atoms with E-state index in [9.17, 15) is 8.78 Å². The molecule has 0 atom stereocenters. The molecule has 2 aliphatic rings. The van der Waals surface area contributed by atoms with E-state index in [4.69, 9.17) is 4.74 Å². The number of allylic oxidation sites excluding steroid dienone is 1. The largest absolute Gasteiger partial charge is 0.356 e. The second kappa shape index (κ2) is 10.0. The topological polar surface area (TPSA) is 9.23 Å². The van der Waals surface area contributed by atoms with Crippen molar-refractivity contribution in [3.05, 3.63) is 48.0 Å². The zero-order valence-corrected chi connectivity index (χ0v) is 17.3. The Morgan fingerprint density at radius 3 is 2.14 bits per heavy atom. The third kappa shape index (κ3) is 6.14. The van der Waals surface area contributed by atoms with Crippen molar-refractivity contribution in [2.24, 2.45) is 17.8 Å². The lowest BCUT2D eigenvalue weighted by molar-refractivity contribution is -0.256. The first-order valence-corrected chi connectivity index (χ1v) is 11.2. The van der Waals surface area contributed by atoms with Crippen molar-refractivity contribution < 1.29 is 13.5 Å². The van der Waals surface area contributed by atoms with Crippen molar-refractivity contribution in [3.63, 3.8) is 0 Å². The molecule has 0 unspecified atom stereocenters. The molecule has 1 aromatic rings. The van der Waals surface area contributed by atoms with Crippen LogP contribution in [0.4, 0.5) is 8.78 Å². The first-order chi connectivity index (χ1) is 13.5. The smallest absolute Gasteiger partial charge is 0.316 e. The Balaban J connectivity index is 1.44. The number of halogens is 2. The molecule has 1 aromatic carbocycles. The van der Waals surface area contributed by atoms with Crippen molar-refractivity contribution in [1.29, 1.82) is 0 Å². The normalized spacial score (nSPS) is 28.8. The van der Waals surface area contributed by atoms with Gasteiger partial charge in [-0.15, -0.1) is 6.58 Å². The van der Waals surface area contributed by atoms with E-state index in [0.717, 1.165) is 37.2 Å². The highest BCUT2D eigenvalue weighted by Crippen LogP contribution is 2.38. The van der Waals surface area contributed by atoms with Gasteiger partial charge in [-0.05, 0) is 86.2 Å². The summed E-state index contributed by atoms with van der Waals surface area (Å²) in [5, 5.41) is 0. The molecular weight excluding hydrogens is 354 g/mol. The molecule has 0 aromatic heterocycles. The van der Waals surface area contributed by atoms with Crippen molar-refractivity contribution >= 4 is 0 Å². The van der Waals surface area contributed by atoms with Gasteiger partial charge in [0, 0.05) is 6.42 Å². The average Bonchev–Trinajstić information content (AvgIpc) is 2.73. The first kappa shape index (κ1) is 21.5. The van der Waals surface area contributed by atoms with E-state index >= 15 is 0 Å². The van der Waals surface area contributed by atoms with Crippen molar-refractivity contribution in [2.75, 3.05) is 0 Å². The van der Waals surface area contributed by atoms with Gasteiger partial charge < -0.3 is 4.74 Å². The number of alkyl halides is 2. The quantitative estimate of drug-likeness (QED) is 0.410. The molecule has 28 heavy (non-hydrogen) atoms. The zero-order chi connectivity index (χ0) is 20.0. The molecule has 2 aliphatic carbocycles. The van der Waals surface area contributed by atoms with E-state index in [1.807, 2.05) is 18.2 Å². The molecule has 2 fully saturated rings. The second-order valence-electron chi connectivity index (χ2n) is 9.01. The van der Waals surface area contributed by atoms with Crippen LogP contribution in [0.25, 0.3) is 0 Å². The molecule has 0 aliphatic heterocycles. The Morgan fingerprint density at radius 2 is 1.57 bits per heavy atom. The van der Waals surface area contributed by atoms with Crippen LogP contribution in [0.15, 0.2) is 36.9 Å². The molecule has 0 N–H and O–H groups in total. The Morgan fingerprint density at radius 1 is 0.964 bits per heavy atom. The van der Waals surface area contributed by atoms with E-state index < -0.39 is 6.11 Å². The minimum Gasteiger partial charge on any atom is -0.316 e. The van der Waals surface area contributed by atoms with Crippen molar-refractivity contribution in [3.8, 4) is 0 Å². The highest BCUT2D eigenvalue weighted by atomic mass is 19.3. The van der Waals surface area contributed by atoms with Gasteiger partial charge in [-0.3, -0.25) is 0 Å². The molecule has 0 saturated heterocycles. The Hall–Kier alpha value is -1.22. The molecule has 3 rings (SSSR count). The van der Waals surface area contributed by atoms with Gasteiger partial charge in [-0.25, -0.2) is 0 Å². The summed E-state index contributed by atoms with van der Waals surface area (Å²) in [4.78, 5) is 0. The third-order valence-corrected chi connectivity index (χ3v) is 7.08. The van der Waals surface area contributed by atoms with Crippen LogP contribution in [0.5, 0.6) is 0 Å². The van der Waals surface area contributed by atoms with E-state index in [0.29, 0.717) is 11.8 Å². The van der Waals surface area contributed by atoms with Gasteiger partial charge in [0.05, 0.1) is 6.61 Å². The van der Waals surface area contributed by atoms with E-state index in [1.165, 1.54) is 37.7 Å². The molecule has 156 valence electrons. The van der Waals surface area contributed by atoms with Crippen molar-refractivity contribution in [1.82, 2.24) is 0 Å². The average molecular weight is 391 g/mol. The van der Waals surface area contributed by atoms with E-state index in [1.54, 1.807) is 0 Å². The third-order valence-electron chi connectivity index (χ3n) is 7.08. The van der Waals surface area contributed by atoms with Crippen LogP contribution in [0.2, 0.25) is 0 Å².